The van der Waals surface area contributed by atoms with Crippen LogP contribution in [0, 0.1) is 11.6 Å². The molecule has 0 saturated carbocycles. The van der Waals surface area contributed by atoms with Gasteiger partial charge in [0.15, 0.2) is 23.4 Å². The van der Waals surface area contributed by atoms with Gasteiger partial charge in [-0.15, -0.1) is 0 Å². The van der Waals surface area contributed by atoms with Crippen molar-refractivity contribution in [2.45, 2.75) is 25.7 Å². The Balaban J connectivity index is 2.00. The van der Waals surface area contributed by atoms with Gasteiger partial charge in [0, 0.05) is 22.4 Å². The highest BCUT2D eigenvalue weighted by Gasteiger charge is 2.40. The fourth-order valence-corrected chi connectivity index (χ4v) is 5.45. The lowest BCUT2D eigenvalue weighted by molar-refractivity contribution is -0.138. The van der Waals surface area contributed by atoms with Crippen LogP contribution in [0.25, 0.3) is 5.57 Å². The van der Waals surface area contributed by atoms with Crippen LogP contribution in [0.2, 0.25) is 0 Å². The summed E-state index contributed by atoms with van der Waals surface area (Å²) in [6.45, 7) is -0.372. The normalized spacial score (nSPS) is 14.8. The minimum Gasteiger partial charge on any atom is -0.494 e. The number of carbonyl (C=O) groups excluding carboxylic acids is 2. The summed E-state index contributed by atoms with van der Waals surface area (Å²) in [6, 6.07) is 13.7. The molecule has 0 aromatic heterocycles. The molecule has 1 aliphatic heterocycles. The Labute approximate surface area is 254 Å². The van der Waals surface area contributed by atoms with E-state index in [2.05, 4.69) is 0 Å². The summed E-state index contributed by atoms with van der Waals surface area (Å²) >= 11 is 0. The Morgan fingerprint density at radius 3 is 2.18 bits per heavy atom. The third kappa shape index (κ3) is 6.98. The highest BCUT2D eigenvalue weighted by molar-refractivity contribution is 7.84. The monoisotopic (exact) mass is 649 g/mol. The van der Waals surface area contributed by atoms with E-state index in [1.165, 1.54) is 56.5 Å². The van der Waals surface area contributed by atoms with Crippen molar-refractivity contribution in [1.29, 1.82) is 0 Å². The maximum Gasteiger partial charge on any atom is 0.416 e. The first-order valence-electron chi connectivity index (χ1n) is 12.9. The van der Waals surface area contributed by atoms with Crippen molar-refractivity contribution in [2.24, 2.45) is 5.14 Å². The molecule has 15 heteroatoms. The molecule has 0 aliphatic carbocycles. The molecule has 1 unspecified atom stereocenters. The Hall–Kier alpha value is -4.78. The first-order valence-corrected chi connectivity index (χ1v) is 14.4. The lowest BCUT2D eigenvalue weighted by Gasteiger charge is -2.41. The molecule has 0 amide bonds. The number of halogens is 5. The molecule has 3 aromatic carbocycles. The van der Waals surface area contributed by atoms with Gasteiger partial charge in [0.25, 0.3) is 0 Å². The maximum atomic E-state index is 15.7. The molecule has 0 spiro atoms. The zero-order valence-electron chi connectivity index (χ0n) is 23.6. The Kier molecular flexibility index (Phi) is 9.62. The molecule has 45 heavy (non-hydrogen) atoms. The number of methoxy groups -OCH3 is 1. The van der Waals surface area contributed by atoms with E-state index >= 15 is 8.78 Å². The van der Waals surface area contributed by atoms with Crippen LogP contribution in [0.4, 0.5) is 22.0 Å². The zero-order chi connectivity index (χ0) is 33.1. The molecule has 4 rings (SSSR count). The van der Waals surface area contributed by atoms with Gasteiger partial charge < -0.3 is 14.5 Å². The van der Waals surface area contributed by atoms with E-state index in [9.17, 15) is 31.2 Å². The van der Waals surface area contributed by atoms with E-state index in [4.69, 9.17) is 14.1 Å². The van der Waals surface area contributed by atoms with Crippen LogP contribution in [0.5, 0.6) is 5.75 Å². The number of ether oxygens (including phenoxy) is 1. The van der Waals surface area contributed by atoms with Crippen molar-refractivity contribution in [3.63, 3.8) is 0 Å². The third-order valence-electron chi connectivity index (χ3n) is 6.94. The number of hydrogen-bond acceptors (Lipinski definition) is 8. The van der Waals surface area contributed by atoms with Gasteiger partial charge in [-0.1, -0.05) is 48.5 Å². The van der Waals surface area contributed by atoms with E-state index in [0.717, 1.165) is 21.9 Å². The quantitative estimate of drug-likeness (QED) is 0.257. The molecule has 3 aromatic rings. The predicted octanol–water partition coefficient (Wildman–Crippen LogP) is 4.89. The first-order chi connectivity index (χ1) is 21.2. The van der Waals surface area contributed by atoms with Crippen molar-refractivity contribution in [1.82, 2.24) is 9.80 Å². The van der Waals surface area contributed by atoms with Gasteiger partial charge in [0.05, 0.1) is 25.8 Å². The number of allylic oxidation sites excluding steroid dienone is 2. The number of alkyl halides is 3. The topological polar surface area (TPSA) is 119 Å². The SMILES string of the molecule is COc1cccc(C2=C(C)N(Cc3c(F)cccc3C(F)(F)F)C(=C=O)N(CC(OS(N)(=O)=O)c3ccccc3)C2=C=O)c1F. The van der Waals surface area contributed by atoms with E-state index in [0.29, 0.717) is 6.07 Å². The van der Waals surface area contributed by atoms with Gasteiger partial charge in [-0.2, -0.15) is 21.6 Å². The van der Waals surface area contributed by atoms with E-state index in [-0.39, 0.29) is 28.1 Å². The molecule has 236 valence electrons. The second-order valence-electron chi connectivity index (χ2n) is 9.61. The minimum absolute atomic E-state index is 0.157. The van der Waals surface area contributed by atoms with Gasteiger partial charge in [0.1, 0.15) is 17.6 Å². The predicted molar refractivity (Wildman–Crippen MR) is 151 cm³/mol. The summed E-state index contributed by atoms with van der Waals surface area (Å²) in [5.41, 5.74) is -3.28. The lowest BCUT2D eigenvalue weighted by Crippen LogP contribution is -2.43. The molecule has 0 radical (unpaired) electrons. The summed E-state index contributed by atoms with van der Waals surface area (Å²) < 4.78 is 107. The average molecular weight is 650 g/mol. The summed E-state index contributed by atoms with van der Waals surface area (Å²) in [5, 5.41) is 5.14. The first kappa shape index (κ1) is 33.1. The summed E-state index contributed by atoms with van der Waals surface area (Å²) in [5.74, 6) is 0.0200. The molecule has 1 atom stereocenters. The number of nitrogens with zero attached hydrogens (tertiary/aromatic N) is 2. The van der Waals surface area contributed by atoms with Gasteiger partial charge in [-0.3, -0.25) is 0 Å². The molecule has 1 aliphatic rings. The van der Waals surface area contributed by atoms with Gasteiger partial charge >= 0.3 is 16.5 Å². The van der Waals surface area contributed by atoms with Gasteiger partial charge in [-0.25, -0.2) is 27.7 Å². The van der Waals surface area contributed by atoms with Gasteiger partial charge in [0.2, 0.25) is 5.82 Å². The number of nitrogens with two attached hydrogens (primary N) is 1. The Morgan fingerprint density at radius 1 is 0.933 bits per heavy atom. The second kappa shape index (κ2) is 13.1. The minimum atomic E-state index is -5.01. The molecular weight excluding hydrogens is 625 g/mol. The van der Waals surface area contributed by atoms with Crippen molar-refractivity contribution >= 4 is 27.8 Å². The van der Waals surface area contributed by atoms with Crippen LogP contribution in [0.1, 0.15) is 35.3 Å². The van der Waals surface area contributed by atoms with Gasteiger partial charge in [-0.05, 0) is 30.7 Å². The molecule has 0 bridgehead atoms. The molecule has 9 nitrogen and oxygen atoms in total. The highest BCUT2D eigenvalue weighted by atomic mass is 32.2. The van der Waals surface area contributed by atoms with Crippen LogP contribution in [-0.4, -0.2) is 43.8 Å². The number of rotatable bonds is 9. The van der Waals surface area contributed by atoms with Crippen LogP contribution >= 0.6 is 0 Å². The fraction of sp³-hybridized carbons (Fsp3) is 0.200. The Morgan fingerprint density at radius 2 is 1.60 bits per heavy atom. The highest BCUT2D eigenvalue weighted by Crippen LogP contribution is 2.43. The summed E-state index contributed by atoms with van der Waals surface area (Å²) in [7, 11) is -3.49. The molecule has 0 fully saturated rings. The largest absolute Gasteiger partial charge is 0.494 e. The van der Waals surface area contributed by atoms with Crippen LogP contribution < -0.4 is 9.88 Å². The zero-order valence-corrected chi connectivity index (χ0v) is 24.4. The molecule has 0 saturated heterocycles. The smallest absolute Gasteiger partial charge is 0.416 e. The molecule has 1 heterocycles. The van der Waals surface area contributed by atoms with Crippen LogP contribution in [0.15, 0.2) is 83.9 Å². The number of benzene rings is 3. The average Bonchev–Trinajstić information content (AvgIpc) is 2.98. The van der Waals surface area contributed by atoms with Crippen LogP contribution in [0.3, 0.4) is 0 Å². The molecule has 2 N–H and O–H groups in total. The van der Waals surface area contributed by atoms with E-state index in [1.807, 2.05) is 0 Å². The van der Waals surface area contributed by atoms with Crippen molar-refractivity contribution in [3.05, 3.63) is 118 Å². The standard InChI is InChI=1S/C30H24F5N3O6S/c1-18-28(20-10-6-13-25(43-2)29(20)32)24(16-39)38(15-26(44-45(36,41)42)19-8-4-3-5-9-19)27(17-40)37(18)14-21-22(30(33,34)35)11-7-12-23(21)31/h3-13,26H,14-15H2,1-2H3,(H2,36,41,42). The van der Waals surface area contributed by atoms with E-state index in [1.54, 1.807) is 17.9 Å². The lowest BCUT2D eigenvalue weighted by atomic mass is 9.95. The second-order valence-corrected chi connectivity index (χ2v) is 10.8. The maximum absolute atomic E-state index is 15.7. The van der Waals surface area contributed by atoms with E-state index < -0.39 is 70.0 Å². The van der Waals surface area contributed by atoms with Crippen LogP contribution in [-0.2, 0) is 36.8 Å². The fourth-order valence-electron chi connectivity index (χ4n) is 4.95. The van der Waals surface area contributed by atoms with Crippen molar-refractivity contribution in [3.8, 4) is 5.75 Å². The van der Waals surface area contributed by atoms with Crippen molar-refractivity contribution < 1.29 is 48.9 Å². The Bertz CT molecular complexity index is 1850. The molecular formula is C30H24F5N3O6S. The third-order valence-corrected chi connectivity index (χ3v) is 7.44. The summed E-state index contributed by atoms with van der Waals surface area (Å²) in [4.78, 5) is 26.9. The number of hydrogen-bond donors (Lipinski definition) is 1. The summed E-state index contributed by atoms with van der Waals surface area (Å²) in [6.07, 6.45) is -6.53. The van der Waals surface area contributed by atoms with Crippen molar-refractivity contribution in [2.75, 3.05) is 13.7 Å².